The second-order valence-corrected chi connectivity index (χ2v) is 6.94. The van der Waals surface area contributed by atoms with Crippen LogP contribution in [-0.2, 0) is 17.9 Å². The smallest absolute Gasteiger partial charge is 0.323 e. The molecule has 152 valence electrons. The van der Waals surface area contributed by atoms with Gasteiger partial charge in [0, 0.05) is 28.2 Å². The molecular weight excluding hydrogens is 392 g/mol. The molecule has 0 fully saturated rings. The molecule has 0 saturated carbocycles. The van der Waals surface area contributed by atoms with Crippen molar-refractivity contribution in [1.29, 1.82) is 0 Å². The summed E-state index contributed by atoms with van der Waals surface area (Å²) in [5, 5.41) is 14.2. The second kappa shape index (κ2) is 7.55. The molecule has 0 amide bonds. The topological polar surface area (TPSA) is 77.1 Å². The highest BCUT2D eigenvalue weighted by Crippen LogP contribution is 2.33. The van der Waals surface area contributed by atoms with Crippen LogP contribution in [0.1, 0.15) is 11.3 Å². The molecule has 4 rings (SSSR count). The third kappa shape index (κ3) is 3.59. The fraction of sp³-hybridized carbons (Fsp3) is 0.136. The third-order valence-corrected chi connectivity index (χ3v) is 4.95. The molecule has 0 saturated heterocycles. The van der Waals surface area contributed by atoms with Gasteiger partial charge in [-0.3, -0.25) is 9.59 Å². The van der Waals surface area contributed by atoms with Crippen molar-refractivity contribution in [2.24, 2.45) is 0 Å². The van der Waals surface area contributed by atoms with Gasteiger partial charge in [-0.15, -0.1) is 0 Å². The quantitative estimate of drug-likeness (QED) is 0.547. The lowest BCUT2D eigenvalue weighted by Gasteiger charge is -2.09. The molecule has 2 aromatic heterocycles. The van der Waals surface area contributed by atoms with Gasteiger partial charge in [0.2, 0.25) is 0 Å². The molecule has 2 aromatic carbocycles. The van der Waals surface area contributed by atoms with Crippen molar-refractivity contribution in [2.45, 2.75) is 20.0 Å². The van der Waals surface area contributed by atoms with Crippen molar-refractivity contribution in [3.8, 4) is 11.3 Å². The van der Waals surface area contributed by atoms with Gasteiger partial charge in [0.1, 0.15) is 18.2 Å². The van der Waals surface area contributed by atoms with Crippen molar-refractivity contribution >= 4 is 16.9 Å². The first-order chi connectivity index (χ1) is 14.3. The Bertz CT molecular complexity index is 1320. The van der Waals surface area contributed by atoms with Gasteiger partial charge >= 0.3 is 5.97 Å². The van der Waals surface area contributed by atoms with Gasteiger partial charge in [-0.05, 0) is 48.9 Å². The Labute approximate surface area is 169 Å². The molecule has 0 spiro atoms. The summed E-state index contributed by atoms with van der Waals surface area (Å²) >= 11 is 0. The van der Waals surface area contributed by atoms with Crippen molar-refractivity contribution in [1.82, 2.24) is 14.3 Å². The fourth-order valence-corrected chi connectivity index (χ4v) is 3.58. The molecular formula is C22H17F2N3O3. The van der Waals surface area contributed by atoms with Crippen LogP contribution in [0.5, 0.6) is 0 Å². The summed E-state index contributed by atoms with van der Waals surface area (Å²) in [5.41, 5.74) is 2.47. The molecule has 2 heterocycles. The maximum atomic E-state index is 14.0. The van der Waals surface area contributed by atoms with E-state index in [0.717, 1.165) is 0 Å². The van der Waals surface area contributed by atoms with Crippen LogP contribution in [0, 0.1) is 18.6 Å². The highest BCUT2D eigenvalue weighted by molar-refractivity contribution is 5.97. The Kier molecular flexibility index (Phi) is 4.91. The standard InChI is InChI=1S/C22H17F2N3O3/c1-13-22(17-10-16(24)6-8-19(17)26(13)12-21(29)30)18-7-9-20(28)27(25-18)11-14-2-4-15(23)5-3-14/h2-10H,11-12H2,1H3,(H,29,30). The van der Waals surface area contributed by atoms with E-state index in [-0.39, 0.29) is 24.5 Å². The van der Waals surface area contributed by atoms with Gasteiger partial charge in [0.15, 0.2) is 0 Å². The van der Waals surface area contributed by atoms with E-state index in [0.29, 0.717) is 33.4 Å². The van der Waals surface area contributed by atoms with Crippen LogP contribution in [0.3, 0.4) is 0 Å². The highest BCUT2D eigenvalue weighted by Gasteiger charge is 2.19. The van der Waals surface area contributed by atoms with E-state index in [1.807, 2.05) is 0 Å². The average Bonchev–Trinajstić information content (AvgIpc) is 2.96. The minimum atomic E-state index is -1.03. The Hall–Kier alpha value is -3.81. The molecule has 0 aliphatic heterocycles. The lowest BCUT2D eigenvalue weighted by molar-refractivity contribution is -0.137. The number of aromatic nitrogens is 3. The number of hydrogen-bond donors (Lipinski definition) is 1. The molecule has 30 heavy (non-hydrogen) atoms. The molecule has 0 aliphatic rings. The zero-order chi connectivity index (χ0) is 21.4. The van der Waals surface area contributed by atoms with E-state index in [2.05, 4.69) is 5.10 Å². The van der Waals surface area contributed by atoms with Crippen molar-refractivity contribution in [2.75, 3.05) is 0 Å². The molecule has 0 unspecified atom stereocenters. The zero-order valence-corrected chi connectivity index (χ0v) is 16.0. The maximum absolute atomic E-state index is 14.0. The number of hydrogen-bond acceptors (Lipinski definition) is 3. The molecule has 0 radical (unpaired) electrons. The van der Waals surface area contributed by atoms with E-state index >= 15 is 0 Å². The normalized spacial score (nSPS) is 11.2. The summed E-state index contributed by atoms with van der Waals surface area (Å²) in [4.78, 5) is 23.6. The number of carbonyl (C=O) groups is 1. The Morgan fingerprint density at radius 2 is 1.73 bits per heavy atom. The van der Waals surface area contributed by atoms with Crippen molar-refractivity contribution in [3.63, 3.8) is 0 Å². The maximum Gasteiger partial charge on any atom is 0.323 e. The number of benzene rings is 2. The number of aliphatic carboxylic acids is 1. The number of nitrogens with zero attached hydrogens (tertiary/aromatic N) is 3. The number of rotatable bonds is 5. The number of carboxylic acids is 1. The van der Waals surface area contributed by atoms with Crippen LogP contribution < -0.4 is 5.56 Å². The fourth-order valence-electron chi connectivity index (χ4n) is 3.58. The summed E-state index contributed by atoms with van der Waals surface area (Å²) in [6, 6.07) is 12.7. The van der Waals surface area contributed by atoms with Crippen molar-refractivity contribution in [3.05, 3.63) is 87.8 Å². The Morgan fingerprint density at radius 1 is 1.03 bits per heavy atom. The minimum absolute atomic E-state index is 0.133. The average molecular weight is 409 g/mol. The lowest BCUT2D eigenvalue weighted by atomic mass is 10.1. The summed E-state index contributed by atoms with van der Waals surface area (Å²) in [6.45, 7) is 1.57. The monoisotopic (exact) mass is 409 g/mol. The van der Waals surface area contributed by atoms with Crippen LogP contribution >= 0.6 is 0 Å². The Balaban J connectivity index is 1.87. The molecule has 0 bridgehead atoms. The summed E-state index contributed by atoms with van der Waals surface area (Å²) < 4.78 is 29.9. The van der Waals surface area contributed by atoms with E-state index < -0.39 is 11.8 Å². The molecule has 0 atom stereocenters. The summed E-state index contributed by atoms with van der Waals surface area (Å²) in [7, 11) is 0. The summed E-state index contributed by atoms with van der Waals surface area (Å²) in [6.07, 6.45) is 0. The minimum Gasteiger partial charge on any atom is -0.480 e. The van der Waals surface area contributed by atoms with Crippen LogP contribution in [-0.4, -0.2) is 25.4 Å². The highest BCUT2D eigenvalue weighted by atomic mass is 19.1. The van der Waals surface area contributed by atoms with Gasteiger partial charge in [-0.2, -0.15) is 5.10 Å². The van der Waals surface area contributed by atoms with Crippen molar-refractivity contribution < 1.29 is 18.7 Å². The zero-order valence-electron chi connectivity index (χ0n) is 16.0. The molecule has 8 heteroatoms. The number of fused-ring (bicyclic) bond motifs is 1. The molecule has 6 nitrogen and oxygen atoms in total. The molecule has 4 aromatic rings. The van der Waals surface area contributed by atoms with E-state index in [1.54, 1.807) is 23.6 Å². The predicted octanol–water partition coefficient (Wildman–Crippen LogP) is 3.58. The summed E-state index contributed by atoms with van der Waals surface area (Å²) in [5.74, 6) is -1.87. The van der Waals surface area contributed by atoms with Gasteiger partial charge in [-0.25, -0.2) is 13.5 Å². The Morgan fingerprint density at radius 3 is 2.43 bits per heavy atom. The van der Waals surface area contributed by atoms with Gasteiger partial charge in [0.05, 0.1) is 12.2 Å². The van der Waals surface area contributed by atoms with E-state index in [1.165, 1.54) is 47.1 Å². The predicted molar refractivity (Wildman–Crippen MR) is 107 cm³/mol. The van der Waals surface area contributed by atoms with Crippen LogP contribution in [0.2, 0.25) is 0 Å². The second-order valence-electron chi connectivity index (χ2n) is 6.94. The van der Waals surface area contributed by atoms with Crippen LogP contribution in [0.25, 0.3) is 22.2 Å². The first-order valence-corrected chi connectivity index (χ1v) is 9.16. The van der Waals surface area contributed by atoms with Crippen LogP contribution in [0.4, 0.5) is 8.78 Å². The van der Waals surface area contributed by atoms with E-state index in [4.69, 9.17) is 0 Å². The molecule has 0 aliphatic carbocycles. The first-order valence-electron chi connectivity index (χ1n) is 9.16. The van der Waals surface area contributed by atoms with Crippen LogP contribution in [0.15, 0.2) is 59.4 Å². The number of carboxylic acid groups (broad SMARTS) is 1. The largest absolute Gasteiger partial charge is 0.480 e. The molecule has 1 N–H and O–H groups in total. The lowest BCUT2D eigenvalue weighted by Crippen LogP contribution is -2.23. The number of halogens is 2. The first kappa shape index (κ1) is 19.5. The van der Waals surface area contributed by atoms with E-state index in [9.17, 15) is 23.5 Å². The van der Waals surface area contributed by atoms with Gasteiger partial charge < -0.3 is 9.67 Å². The van der Waals surface area contributed by atoms with Gasteiger partial charge in [0.25, 0.3) is 5.56 Å². The third-order valence-electron chi connectivity index (χ3n) is 4.95. The SMILES string of the molecule is Cc1c(-c2ccc(=O)n(Cc3ccc(F)cc3)n2)c2cc(F)ccc2n1CC(=O)O. The van der Waals surface area contributed by atoms with Gasteiger partial charge in [-0.1, -0.05) is 12.1 Å².